The summed E-state index contributed by atoms with van der Waals surface area (Å²) in [6.45, 7) is 22.6. The highest BCUT2D eigenvalue weighted by Crippen LogP contribution is 2.37. The van der Waals surface area contributed by atoms with Gasteiger partial charge in [-0.2, -0.15) is 0 Å². The summed E-state index contributed by atoms with van der Waals surface area (Å²) in [6.07, 6.45) is 28.0. The Morgan fingerprint density at radius 3 is 0.444 bits per heavy atom. The summed E-state index contributed by atoms with van der Waals surface area (Å²) in [5, 5.41) is 0. The van der Waals surface area contributed by atoms with Crippen LogP contribution in [-0.4, -0.2) is 38.4 Å². The van der Waals surface area contributed by atoms with Crippen molar-refractivity contribution in [2.24, 2.45) is 0 Å². The van der Waals surface area contributed by atoms with Crippen LogP contribution in [0.4, 0.5) is 0 Å². The second kappa shape index (κ2) is 58.6. The molecular formula is C136H134O6. The second-order valence-corrected chi connectivity index (χ2v) is 37.4. The maximum atomic E-state index is 12.8. The van der Waals surface area contributed by atoms with Crippen LogP contribution in [0, 0.1) is 188 Å². The van der Waals surface area contributed by atoms with E-state index in [9.17, 15) is 9.59 Å². The number of aryl methyl sites for hydroxylation is 10. The molecule has 714 valence electrons. The Kier molecular flexibility index (Phi) is 43.6. The van der Waals surface area contributed by atoms with E-state index < -0.39 is 0 Å². The first kappa shape index (κ1) is 106. The molecule has 0 aliphatic rings. The monoisotopic (exact) mass is 1860 g/mol. The van der Waals surface area contributed by atoms with Gasteiger partial charge in [-0.3, -0.25) is 9.59 Å². The summed E-state index contributed by atoms with van der Waals surface area (Å²) >= 11 is 0. The van der Waals surface area contributed by atoms with E-state index in [0.717, 1.165) is 253 Å². The van der Waals surface area contributed by atoms with Gasteiger partial charge in [0.2, 0.25) is 0 Å². The molecule has 0 bridgehead atoms. The average molecular weight is 1860 g/mol. The molecule has 12 aromatic carbocycles. The highest BCUT2D eigenvalue weighted by atomic mass is 16.5. The van der Waals surface area contributed by atoms with Crippen LogP contribution in [0.15, 0.2) is 243 Å². The van der Waals surface area contributed by atoms with Crippen molar-refractivity contribution >= 4 is 11.9 Å². The molecule has 12 aromatic rings. The third-order valence-corrected chi connectivity index (χ3v) is 24.9. The number of rotatable bonds is 37. The normalized spacial score (nSPS) is 10.3. The Bertz CT molecular complexity index is 6160. The molecule has 0 atom stereocenters. The molecule has 0 heterocycles. The predicted octanol–water partition coefficient (Wildman–Crippen LogP) is 30.2. The van der Waals surface area contributed by atoms with Crippen LogP contribution in [0.3, 0.4) is 0 Å². The first-order chi connectivity index (χ1) is 69.4. The van der Waals surface area contributed by atoms with E-state index in [1.807, 2.05) is 121 Å². The van der Waals surface area contributed by atoms with Gasteiger partial charge in [-0.15, -0.1) is 0 Å². The minimum atomic E-state index is -0.0843. The SMILES string of the molecule is Cc1ccc(C#Cc2c(C#Cc3ccc(C)cc3)c(C#Cc3ccc(C)cc3)c(OCCCCCCCCCCC(=O)OCCCCCCCCCCCCOC(=O)CCCCCCCCCCOc3c(C#Cc4ccc(C)cc4)c(C#Cc4ccc(C)cc4)c(C#Cc4ccc(C)cc4)c(C#Cc4ccc(C)cc4)c3C#Cc3ccc(C)cc3)c(C#Cc3ccc(C)cc3)c2C#Cc2ccc(C)cc2)cc1. The van der Waals surface area contributed by atoms with Crippen molar-refractivity contribution in [3.63, 3.8) is 0 Å². The summed E-state index contributed by atoms with van der Waals surface area (Å²) in [6, 6.07) is 82.5. The number of ether oxygens (including phenoxy) is 4. The quantitative estimate of drug-likeness (QED) is 0.0220. The highest BCUT2D eigenvalue weighted by Gasteiger charge is 2.26. The van der Waals surface area contributed by atoms with E-state index in [1.165, 1.54) is 25.7 Å². The topological polar surface area (TPSA) is 71.1 Å². The predicted molar refractivity (Wildman–Crippen MR) is 587 cm³/mol. The molecule has 0 fully saturated rings. The molecule has 0 saturated heterocycles. The molecule has 0 aromatic heterocycles. The van der Waals surface area contributed by atoms with Crippen molar-refractivity contribution in [1.82, 2.24) is 0 Å². The third kappa shape index (κ3) is 36.8. The smallest absolute Gasteiger partial charge is 0.305 e. The molecule has 0 unspecified atom stereocenters. The molecular weight excluding hydrogens is 1730 g/mol. The Morgan fingerprint density at radius 2 is 0.282 bits per heavy atom. The van der Waals surface area contributed by atoms with Crippen molar-refractivity contribution < 1.29 is 28.5 Å². The molecule has 0 N–H and O–H groups in total. The van der Waals surface area contributed by atoms with Crippen molar-refractivity contribution in [3.8, 4) is 130 Å². The Balaban J connectivity index is 0.536. The van der Waals surface area contributed by atoms with Gasteiger partial charge in [0.1, 0.15) is 0 Å². The zero-order valence-electron chi connectivity index (χ0n) is 85.2. The van der Waals surface area contributed by atoms with E-state index in [-0.39, 0.29) is 11.9 Å². The minimum Gasteiger partial charge on any atom is -0.491 e. The molecule has 0 radical (unpaired) electrons. The lowest BCUT2D eigenvalue weighted by Crippen LogP contribution is -2.08. The van der Waals surface area contributed by atoms with Crippen molar-refractivity contribution in [3.05, 3.63) is 410 Å². The van der Waals surface area contributed by atoms with Gasteiger partial charge in [0.15, 0.2) is 11.5 Å². The lowest BCUT2D eigenvalue weighted by Gasteiger charge is -2.17. The van der Waals surface area contributed by atoms with Crippen LogP contribution in [0.2, 0.25) is 0 Å². The Labute approximate surface area is 849 Å². The van der Waals surface area contributed by atoms with Gasteiger partial charge >= 0.3 is 11.9 Å². The van der Waals surface area contributed by atoms with Crippen LogP contribution in [0.5, 0.6) is 11.5 Å². The highest BCUT2D eigenvalue weighted by molar-refractivity contribution is 5.80. The van der Waals surface area contributed by atoms with Crippen LogP contribution >= 0.6 is 0 Å². The molecule has 12 rings (SSSR count). The molecule has 6 nitrogen and oxygen atoms in total. The standard InChI is InChI=1S/C136H134O6/c1-103-39-59-113(60-40-103)79-89-123-125(91-81-115-63-43-105(3)44-64-115)129(95-85-119-71-51-109(7)52-72-119)135(130(96-86-120-73-53-110(8)54-74-120)126(123)92-82-116-65-45-106(4)46-66-116)141-101-35-29-23-17-13-19-25-31-37-133(137)139-99-33-27-21-15-11-12-16-22-28-34-100-140-134(138)38-32-26-20-14-18-24-30-36-102-142-136-131(97-87-121-75-55-111(9)56-76-121)127(93-83-117-67-47-107(5)48-68-117)124(90-80-114-61-41-104(2)42-62-114)128(94-84-118-69-49-108(6)50-70-118)132(136)98-88-122-77-57-112(10)58-78-122/h39-78H,11-38,99-102H2,1-10H3. The fraction of sp³-hybridized carbons (Fsp3) is 0.309. The average Bonchev–Trinajstić information content (AvgIpc) is 0.764. The maximum absolute atomic E-state index is 12.8. The van der Waals surface area contributed by atoms with Crippen LogP contribution in [0.1, 0.15) is 347 Å². The number of hydrogen-bond donors (Lipinski definition) is 0. The molecule has 0 aliphatic heterocycles. The lowest BCUT2D eigenvalue weighted by atomic mass is 9.89. The van der Waals surface area contributed by atoms with Gasteiger partial charge in [0.05, 0.1) is 82.1 Å². The van der Waals surface area contributed by atoms with Gasteiger partial charge < -0.3 is 18.9 Å². The van der Waals surface area contributed by atoms with Gasteiger partial charge in [-0.05, 0) is 229 Å². The van der Waals surface area contributed by atoms with E-state index in [1.54, 1.807) is 0 Å². The second-order valence-electron chi connectivity index (χ2n) is 37.4. The van der Waals surface area contributed by atoms with Crippen molar-refractivity contribution in [1.29, 1.82) is 0 Å². The van der Waals surface area contributed by atoms with Gasteiger partial charge in [0, 0.05) is 68.5 Å². The first-order valence-electron chi connectivity index (χ1n) is 51.3. The largest absolute Gasteiger partial charge is 0.491 e. The summed E-state index contributed by atoms with van der Waals surface area (Å²) in [5.74, 6) is 72.0. The number of unbranched alkanes of at least 4 members (excludes halogenated alkanes) is 23. The number of esters is 2. The van der Waals surface area contributed by atoms with Crippen LogP contribution in [-0.2, 0) is 19.1 Å². The number of benzene rings is 12. The molecule has 0 aliphatic carbocycles. The fourth-order valence-electron chi connectivity index (χ4n) is 16.0. The van der Waals surface area contributed by atoms with Crippen molar-refractivity contribution in [2.45, 2.75) is 249 Å². The third-order valence-electron chi connectivity index (χ3n) is 24.9. The zero-order chi connectivity index (χ0) is 99.5. The number of carbonyl (C=O) groups excluding carboxylic acids is 2. The molecule has 6 heteroatoms. The number of carbonyl (C=O) groups is 2. The molecule has 142 heavy (non-hydrogen) atoms. The summed E-state index contributed by atoms with van der Waals surface area (Å²) in [4.78, 5) is 25.5. The maximum Gasteiger partial charge on any atom is 0.305 e. The summed E-state index contributed by atoms with van der Waals surface area (Å²) < 4.78 is 25.6. The van der Waals surface area contributed by atoms with E-state index in [2.05, 4.69) is 309 Å². The van der Waals surface area contributed by atoms with E-state index in [4.69, 9.17) is 18.9 Å². The van der Waals surface area contributed by atoms with E-state index >= 15 is 0 Å². The van der Waals surface area contributed by atoms with Gasteiger partial charge in [-0.1, -0.05) is 424 Å². The Hall–Kier alpha value is -15.2. The summed E-state index contributed by atoms with van der Waals surface area (Å²) in [7, 11) is 0. The van der Waals surface area contributed by atoms with E-state index in [0.29, 0.717) is 106 Å². The number of hydrogen-bond acceptors (Lipinski definition) is 6. The first-order valence-corrected chi connectivity index (χ1v) is 51.3. The fourth-order valence-corrected chi connectivity index (χ4v) is 16.0. The molecule has 0 saturated carbocycles. The van der Waals surface area contributed by atoms with Crippen LogP contribution in [0.25, 0.3) is 0 Å². The minimum absolute atomic E-state index is 0.0843. The molecule has 0 amide bonds. The van der Waals surface area contributed by atoms with Crippen LogP contribution < -0.4 is 9.47 Å². The zero-order valence-corrected chi connectivity index (χ0v) is 85.2. The summed E-state index contributed by atoms with van der Waals surface area (Å²) in [5.41, 5.74) is 26.4. The van der Waals surface area contributed by atoms with Crippen molar-refractivity contribution in [2.75, 3.05) is 26.4 Å². The van der Waals surface area contributed by atoms with Gasteiger partial charge in [-0.25, -0.2) is 0 Å². The molecule has 0 spiro atoms. The lowest BCUT2D eigenvalue weighted by molar-refractivity contribution is -0.144. The van der Waals surface area contributed by atoms with Gasteiger partial charge in [0.25, 0.3) is 0 Å². The Morgan fingerprint density at radius 1 is 0.155 bits per heavy atom.